The predicted molar refractivity (Wildman–Crippen MR) is 86.9 cm³/mol. The van der Waals surface area contributed by atoms with Crippen molar-refractivity contribution in [2.24, 2.45) is 0 Å². The molecule has 0 aromatic carbocycles. The standard InChI is InChI=1S/C15H18N4O3S/c20-12(7-9-8-17-15(22)19-14(9)21)16-6-5-13-18-10-3-1-2-4-11(10)23-13/h8H,1-7H2,(H,16,20)(H2,17,19,21,22). The van der Waals surface area contributed by atoms with Crippen LogP contribution in [0.1, 0.15) is 34.0 Å². The van der Waals surface area contributed by atoms with Gasteiger partial charge in [-0.2, -0.15) is 0 Å². The van der Waals surface area contributed by atoms with E-state index in [0.29, 0.717) is 13.0 Å². The van der Waals surface area contributed by atoms with Crippen molar-refractivity contribution in [3.8, 4) is 0 Å². The molecule has 0 spiro atoms. The minimum Gasteiger partial charge on any atom is -0.355 e. The largest absolute Gasteiger partial charge is 0.355 e. The molecule has 3 N–H and O–H groups in total. The highest BCUT2D eigenvalue weighted by Crippen LogP contribution is 2.26. The van der Waals surface area contributed by atoms with Crippen LogP contribution in [0.2, 0.25) is 0 Å². The molecule has 1 aliphatic carbocycles. The molecule has 2 aromatic rings. The number of fused-ring (bicyclic) bond motifs is 1. The summed E-state index contributed by atoms with van der Waals surface area (Å²) in [6.07, 6.45) is 6.54. The molecule has 0 unspecified atom stereocenters. The Morgan fingerprint density at radius 1 is 1.30 bits per heavy atom. The third-order valence-electron chi connectivity index (χ3n) is 3.80. The van der Waals surface area contributed by atoms with Crippen LogP contribution in [0.25, 0.3) is 0 Å². The molecule has 0 fully saturated rings. The van der Waals surface area contributed by atoms with Crippen molar-refractivity contribution in [1.82, 2.24) is 20.3 Å². The molecule has 1 aliphatic rings. The van der Waals surface area contributed by atoms with Crippen LogP contribution >= 0.6 is 11.3 Å². The Labute approximate surface area is 136 Å². The van der Waals surface area contributed by atoms with Crippen LogP contribution in [0.15, 0.2) is 15.8 Å². The lowest BCUT2D eigenvalue weighted by atomic mass is 10.0. The van der Waals surface area contributed by atoms with Crippen LogP contribution in [0.5, 0.6) is 0 Å². The number of aryl methyl sites for hydroxylation is 2. The van der Waals surface area contributed by atoms with Crippen molar-refractivity contribution in [3.05, 3.63) is 48.2 Å². The van der Waals surface area contributed by atoms with E-state index in [0.717, 1.165) is 17.8 Å². The molecule has 0 saturated heterocycles. The van der Waals surface area contributed by atoms with Gasteiger partial charge in [0.25, 0.3) is 5.56 Å². The monoisotopic (exact) mass is 334 g/mol. The maximum absolute atomic E-state index is 11.9. The number of nitrogens with zero attached hydrogens (tertiary/aromatic N) is 1. The summed E-state index contributed by atoms with van der Waals surface area (Å²) >= 11 is 1.74. The Bertz CT molecular complexity index is 797. The zero-order valence-corrected chi connectivity index (χ0v) is 13.4. The molecule has 0 radical (unpaired) electrons. The van der Waals surface area contributed by atoms with Gasteiger partial charge in [0, 0.05) is 29.6 Å². The molecule has 0 saturated carbocycles. The van der Waals surface area contributed by atoms with Gasteiger partial charge in [0.05, 0.1) is 17.1 Å². The van der Waals surface area contributed by atoms with Gasteiger partial charge in [-0.05, 0) is 25.7 Å². The number of hydrogen-bond acceptors (Lipinski definition) is 5. The summed E-state index contributed by atoms with van der Waals surface area (Å²) in [7, 11) is 0. The minimum atomic E-state index is -0.577. The van der Waals surface area contributed by atoms with E-state index in [1.54, 1.807) is 11.3 Å². The fraction of sp³-hybridized carbons (Fsp3) is 0.467. The molecule has 0 bridgehead atoms. The smallest absolute Gasteiger partial charge is 0.325 e. The van der Waals surface area contributed by atoms with Crippen LogP contribution in [0, 0.1) is 0 Å². The first-order valence-electron chi connectivity index (χ1n) is 7.67. The normalized spacial score (nSPS) is 13.6. The first-order chi connectivity index (χ1) is 11.1. The van der Waals surface area contributed by atoms with Crippen molar-refractivity contribution in [1.29, 1.82) is 0 Å². The van der Waals surface area contributed by atoms with Gasteiger partial charge >= 0.3 is 5.69 Å². The van der Waals surface area contributed by atoms with Crippen molar-refractivity contribution in [2.75, 3.05) is 6.54 Å². The lowest BCUT2D eigenvalue weighted by molar-refractivity contribution is -0.120. The van der Waals surface area contributed by atoms with Crippen molar-refractivity contribution in [3.63, 3.8) is 0 Å². The molecule has 3 rings (SSSR count). The summed E-state index contributed by atoms with van der Waals surface area (Å²) in [6, 6.07) is 0. The fourth-order valence-electron chi connectivity index (χ4n) is 2.63. The number of amides is 1. The van der Waals surface area contributed by atoms with Gasteiger partial charge < -0.3 is 10.3 Å². The third kappa shape index (κ3) is 3.95. The number of aromatic amines is 2. The number of carbonyl (C=O) groups is 1. The van der Waals surface area contributed by atoms with Crippen molar-refractivity contribution >= 4 is 17.2 Å². The first-order valence-corrected chi connectivity index (χ1v) is 8.48. The van der Waals surface area contributed by atoms with Crippen LogP contribution < -0.4 is 16.6 Å². The maximum atomic E-state index is 11.9. The van der Waals surface area contributed by atoms with Crippen LogP contribution in [-0.4, -0.2) is 27.4 Å². The minimum absolute atomic E-state index is 0.0551. The van der Waals surface area contributed by atoms with E-state index in [1.807, 2.05) is 0 Å². The molecule has 1 amide bonds. The molecule has 8 heteroatoms. The van der Waals surface area contributed by atoms with E-state index < -0.39 is 11.2 Å². The number of rotatable bonds is 5. The van der Waals surface area contributed by atoms with Gasteiger partial charge in [-0.1, -0.05) is 0 Å². The lowest BCUT2D eigenvalue weighted by Crippen LogP contribution is -2.31. The van der Waals surface area contributed by atoms with E-state index in [1.165, 1.54) is 29.6 Å². The van der Waals surface area contributed by atoms with Crippen molar-refractivity contribution in [2.45, 2.75) is 38.5 Å². The van der Waals surface area contributed by atoms with Gasteiger partial charge in [0.2, 0.25) is 5.91 Å². The van der Waals surface area contributed by atoms with E-state index in [2.05, 4.69) is 20.3 Å². The second kappa shape index (κ2) is 6.91. The Balaban J connectivity index is 1.50. The van der Waals surface area contributed by atoms with Crippen LogP contribution in [0.4, 0.5) is 0 Å². The molecular formula is C15H18N4O3S. The van der Waals surface area contributed by atoms with E-state index in [-0.39, 0.29) is 17.9 Å². The Kier molecular flexibility index (Phi) is 4.71. The zero-order valence-electron chi connectivity index (χ0n) is 12.6. The Hall–Kier alpha value is -2.22. The Morgan fingerprint density at radius 3 is 2.91 bits per heavy atom. The van der Waals surface area contributed by atoms with Gasteiger partial charge in [-0.15, -0.1) is 11.3 Å². The number of nitrogens with one attached hydrogen (secondary N) is 3. The molecule has 122 valence electrons. The van der Waals surface area contributed by atoms with Crippen molar-refractivity contribution < 1.29 is 4.79 Å². The molecule has 0 aliphatic heterocycles. The first kappa shape index (κ1) is 15.7. The number of aromatic nitrogens is 3. The van der Waals surface area contributed by atoms with Gasteiger partial charge in [0.1, 0.15) is 0 Å². The van der Waals surface area contributed by atoms with E-state index >= 15 is 0 Å². The summed E-state index contributed by atoms with van der Waals surface area (Å²) < 4.78 is 0. The topological polar surface area (TPSA) is 108 Å². The van der Waals surface area contributed by atoms with E-state index in [9.17, 15) is 14.4 Å². The summed E-state index contributed by atoms with van der Waals surface area (Å²) in [5.41, 5.74) is 0.359. The predicted octanol–water partition coefficient (Wildman–Crippen LogP) is 0.300. The summed E-state index contributed by atoms with van der Waals surface area (Å²) in [5, 5.41) is 3.84. The van der Waals surface area contributed by atoms with Crippen LogP contribution in [-0.2, 0) is 30.5 Å². The summed E-state index contributed by atoms with van der Waals surface area (Å²) in [6.45, 7) is 0.493. The Morgan fingerprint density at radius 2 is 2.13 bits per heavy atom. The highest BCUT2D eigenvalue weighted by atomic mass is 32.1. The quantitative estimate of drug-likeness (QED) is 0.731. The zero-order chi connectivity index (χ0) is 16.2. The SMILES string of the molecule is O=C(Cc1c[nH]c(=O)[nH]c1=O)NCCc1nc2c(s1)CCCC2. The van der Waals surface area contributed by atoms with E-state index in [4.69, 9.17) is 0 Å². The molecular weight excluding hydrogens is 316 g/mol. The summed E-state index contributed by atoms with van der Waals surface area (Å²) in [4.78, 5) is 44.8. The van der Waals surface area contributed by atoms with Crippen LogP contribution in [0.3, 0.4) is 0 Å². The average molecular weight is 334 g/mol. The average Bonchev–Trinajstić information content (AvgIpc) is 2.93. The molecule has 2 heterocycles. The third-order valence-corrected chi connectivity index (χ3v) is 5.02. The number of carbonyl (C=O) groups excluding carboxylic acids is 1. The van der Waals surface area contributed by atoms with Gasteiger partial charge in [0.15, 0.2) is 0 Å². The molecule has 0 atom stereocenters. The molecule has 7 nitrogen and oxygen atoms in total. The lowest BCUT2D eigenvalue weighted by Gasteiger charge is -2.06. The number of H-pyrrole nitrogens is 2. The highest BCUT2D eigenvalue weighted by Gasteiger charge is 2.15. The second-order valence-electron chi connectivity index (χ2n) is 5.56. The maximum Gasteiger partial charge on any atom is 0.325 e. The number of hydrogen-bond donors (Lipinski definition) is 3. The molecule has 23 heavy (non-hydrogen) atoms. The fourth-order valence-corrected chi connectivity index (χ4v) is 3.78. The molecule has 2 aromatic heterocycles. The number of thiazole rings is 1. The van der Waals surface area contributed by atoms with Gasteiger partial charge in [-0.3, -0.25) is 14.6 Å². The van der Waals surface area contributed by atoms with Gasteiger partial charge in [-0.25, -0.2) is 9.78 Å². The highest BCUT2D eigenvalue weighted by molar-refractivity contribution is 7.11. The second-order valence-corrected chi connectivity index (χ2v) is 6.73. The summed E-state index contributed by atoms with van der Waals surface area (Å²) in [5.74, 6) is -0.246.